The third-order valence-electron chi connectivity index (χ3n) is 10.0. The summed E-state index contributed by atoms with van der Waals surface area (Å²) in [6.07, 6.45) is 2.48. The fraction of sp³-hybridized carbons (Fsp3) is 0.463. The van der Waals surface area contributed by atoms with Crippen LogP contribution in [0.3, 0.4) is 0 Å². The van der Waals surface area contributed by atoms with Crippen LogP contribution >= 0.6 is 11.6 Å². The van der Waals surface area contributed by atoms with Gasteiger partial charge >= 0.3 is 0 Å². The molecule has 1 aromatic heterocycles. The van der Waals surface area contributed by atoms with Crippen LogP contribution in [0.15, 0.2) is 47.7 Å². The molecule has 2 aromatic carbocycles. The summed E-state index contributed by atoms with van der Waals surface area (Å²) in [6, 6.07) is 7.55. The van der Waals surface area contributed by atoms with Gasteiger partial charge < -0.3 is 44.5 Å². The van der Waals surface area contributed by atoms with Crippen LogP contribution in [-0.4, -0.2) is 138 Å². The van der Waals surface area contributed by atoms with Crippen LogP contribution < -0.4 is 16.0 Å². The highest BCUT2D eigenvalue weighted by Gasteiger charge is 2.48. The van der Waals surface area contributed by atoms with Gasteiger partial charge in [0, 0.05) is 101 Å². The van der Waals surface area contributed by atoms with Gasteiger partial charge in [-0.25, -0.2) is 13.8 Å². The molecule has 1 aliphatic carbocycles. The van der Waals surface area contributed by atoms with Crippen molar-refractivity contribution in [3.63, 3.8) is 0 Å². The number of rotatable bonds is 13. The number of ether oxygens (including phenoxy) is 2. The van der Waals surface area contributed by atoms with Crippen molar-refractivity contribution in [1.82, 2.24) is 19.4 Å². The molecule has 5 rings (SSSR count). The zero-order valence-electron chi connectivity index (χ0n) is 34.7. The molecular formula is C41H58ClF2N8O6+. The Morgan fingerprint density at radius 1 is 1.03 bits per heavy atom. The number of methoxy groups -OCH3 is 2. The maximum Gasteiger partial charge on any atom is 0.291 e. The van der Waals surface area contributed by atoms with E-state index >= 15 is 8.78 Å². The van der Waals surface area contributed by atoms with Gasteiger partial charge in [-0.3, -0.25) is 19.5 Å². The van der Waals surface area contributed by atoms with E-state index in [-0.39, 0.29) is 39.1 Å². The number of imidazole rings is 1. The second-order valence-electron chi connectivity index (χ2n) is 14.1. The minimum atomic E-state index is -1.12. The smallest absolute Gasteiger partial charge is 0.291 e. The number of piperazine rings is 1. The van der Waals surface area contributed by atoms with E-state index in [0.29, 0.717) is 43.2 Å². The van der Waals surface area contributed by atoms with E-state index in [4.69, 9.17) is 31.7 Å². The Kier molecular flexibility index (Phi) is 20.5. The zero-order valence-corrected chi connectivity index (χ0v) is 35.5. The number of aromatic nitrogens is 2. The number of nitrogens with one attached hydrogen (secondary N) is 2. The quantitative estimate of drug-likeness (QED) is 0.173. The van der Waals surface area contributed by atoms with E-state index in [1.165, 1.54) is 53.7 Å². The molecule has 1 saturated heterocycles. The topological polar surface area (TPSA) is 166 Å². The molecule has 4 N–H and O–H groups in total. The number of aliphatic imine (C=N–C) groups is 1. The van der Waals surface area contributed by atoms with Crippen LogP contribution in [0.2, 0.25) is 5.02 Å². The van der Waals surface area contributed by atoms with Crippen molar-refractivity contribution in [1.29, 1.82) is 0 Å². The van der Waals surface area contributed by atoms with Crippen LogP contribution in [0.5, 0.6) is 0 Å². The first-order valence-electron chi connectivity index (χ1n) is 18.6. The lowest BCUT2D eigenvalue weighted by molar-refractivity contribution is -0.860. The number of anilines is 1. The number of quaternary nitrogens is 1. The number of nitrogens with zero attached hydrogens (tertiary/aromatic N) is 5. The average Bonchev–Trinajstić information content (AvgIpc) is 3.60. The van der Waals surface area contributed by atoms with Gasteiger partial charge in [0.15, 0.2) is 17.5 Å². The van der Waals surface area contributed by atoms with Gasteiger partial charge in [0.05, 0.1) is 56.3 Å². The first kappa shape index (κ1) is 49.3. The SMILES string of the molecule is C=O.C=O.COC.COCCN=C(C)/C(=C\N)c1ccc(-c2cnc(C(=O)Nc3ccc(C(=O)N4CCN(C[C@H]5[C@H](C)[C@@H]5C[NH+](C)C)CC4)c(Cl)c3)n2C)c(F)c1F. The summed E-state index contributed by atoms with van der Waals surface area (Å²) in [5, 5.41) is 2.95. The molecule has 2 aliphatic rings. The lowest BCUT2D eigenvalue weighted by atomic mass is 9.99. The van der Waals surface area contributed by atoms with E-state index in [0.717, 1.165) is 37.4 Å². The van der Waals surface area contributed by atoms with Crippen molar-refractivity contribution in [2.75, 3.05) is 93.2 Å². The monoisotopic (exact) mass is 831 g/mol. The minimum absolute atomic E-state index is 0.0402. The second-order valence-corrected chi connectivity index (χ2v) is 14.5. The number of carbonyl (C=O) groups excluding carboxylic acids is 4. The summed E-state index contributed by atoms with van der Waals surface area (Å²) in [7, 11) is 10.7. The third kappa shape index (κ3) is 12.6. The van der Waals surface area contributed by atoms with Crippen LogP contribution in [0.4, 0.5) is 14.5 Å². The summed E-state index contributed by atoms with van der Waals surface area (Å²) in [6.45, 7) is 13.9. The standard InChI is InChI=1S/C37H47ClF2N8O3.C2H6O.2CH2O/c1-22-29(20-45(3)4)30(22)21-47-12-14-48(15-13-47)37(50)26-8-7-24(17-31(26)38)44-36(49)35-43-19-32(46(35)5)27-10-9-25(33(39)34(27)40)28(18-41)23(2)42-11-16-51-6;1-3-2;2*1-2/h7-10,17-19,22,29-30H,11-16,20-21,41H2,1-6H3,(H,44,49);1-2H3;2*1H2/p+1/b28-18+,42-23?;;;/t22-,29+,30+;;;/m1.../s1. The Labute approximate surface area is 345 Å². The van der Waals surface area contributed by atoms with Crippen molar-refractivity contribution in [2.24, 2.45) is 35.5 Å². The molecule has 318 valence electrons. The van der Waals surface area contributed by atoms with Gasteiger partial charge in [0.1, 0.15) is 13.6 Å². The Morgan fingerprint density at radius 3 is 2.22 bits per heavy atom. The van der Waals surface area contributed by atoms with Gasteiger partial charge in [0.25, 0.3) is 11.8 Å². The van der Waals surface area contributed by atoms with E-state index in [9.17, 15) is 9.59 Å². The molecule has 17 heteroatoms. The number of amides is 2. The number of allylic oxidation sites excluding steroid dienone is 1. The second kappa shape index (κ2) is 24.1. The van der Waals surface area contributed by atoms with E-state index in [1.807, 2.05) is 18.5 Å². The number of hydrogen-bond donors (Lipinski definition) is 3. The molecular weight excluding hydrogens is 774 g/mol. The maximum absolute atomic E-state index is 15.5. The van der Waals surface area contributed by atoms with Gasteiger partial charge in [-0.1, -0.05) is 24.6 Å². The molecule has 0 unspecified atom stereocenters. The van der Waals surface area contributed by atoms with Crippen LogP contribution in [0.1, 0.15) is 40.4 Å². The molecule has 2 fully saturated rings. The largest absolute Gasteiger partial charge is 0.404 e. The molecule has 0 spiro atoms. The van der Waals surface area contributed by atoms with Crippen LogP contribution in [0, 0.1) is 29.4 Å². The highest BCUT2D eigenvalue weighted by atomic mass is 35.5. The number of nitrogens with two attached hydrogens (primary N) is 1. The number of hydrogen-bond acceptors (Lipinski definition) is 10. The molecule has 1 aliphatic heterocycles. The predicted octanol–water partition coefficient (Wildman–Crippen LogP) is 3.36. The predicted molar refractivity (Wildman–Crippen MR) is 223 cm³/mol. The fourth-order valence-electron chi connectivity index (χ4n) is 6.92. The summed E-state index contributed by atoms with van der Waals surface area (Å²) in [5.41, 5.74) is 7.21. The molecule has 3 atom stereocenters. The molecule has 3 aromatic rings. The normalized spacial score (nSPS) is 17.9. The Morgan fingerprint density at radius 2 is 1.66 bits per heavy atom. The highest BCUT2D eigenvalue weighted by molar-refractivity contribution is 6.34. The Bertz CT molecular complexity index is 1880. The zero-order chi connectivity index (χ0) is 43.7. The summed E-state index contributed by atoms with van der Waals surface area (Å²) in [5.74, 6) is -0.767. The number of carbonyl (C=O) groups is 4. The molecule has 2 heterocycles. The van der Waals surface area contributed by atoms with Crippen LogP contribution in [0.25, 0.3) is 16.8 Å². The average molecular weight is 832 g/mol. The van der Waals surface area contributed by atoms with Crippen LogP contribution in [-0.2, 0) is 26.1 Å². The van der Waals surface area contributed by atoms with Gasteiger partial charge in [-0.2, -0.15) is 0 Å². The molecule has 0 bridgehead atoms. The van der Waals surface area contributed by atoms with Gasteiger partial charge in [0.2, 0.25) is 0 Å². The van der Waals surface area contributed by atoms with Gasteiger partial charge in [-0.05, 0) is 43.0 Å². The van der Waals surface area contributed by atoms with Crippen molar-refractivity contribution < 1.29 is 42.3 Å². The fourth-order valence-corrected chi connectivity index (χ4v) is 7.18. The van der Waals surface area contributed by atoms with E-state index < -0.39 is 17.5 Å². The van der Waals surface area contributed by atoms with E-state index in [1.54, 1.807) is 40.4 Å². The molecule has 58 heavy (non-hydrogen) atoms. The molecule has 0 radical (unpaired) electrons. The third-order valence-corrected chi connectivity index (χ3v) is 10.3. The first-order valence-corrected chi connectivity index (χ1v) is 19.0. The summed E-state index contributed by atoms with van der Waals surface area (Å²) in [4.78, 5) is 56.9. The summed E-state index contributed by atoms with van der Waals surface area (Å²) < 4.78 is 41.5. The number of benzene rings is 2. The molecule has 14 nitrogen and oxygen atoms in total. The van der Waals surface area contributed by atoms with E-state index in [2.05, 4.69) is 45.9 Å². The van der Waals surface area contributed by atoms with Gasteiger partial charge in [-0.15, -0.1) is 0 Å². The maximum atomic E-state index is 15.5. The minimum Gasteiger partial charge on any atom is -0.404 e. The molecule has 1 saturated carbocycles. The molecule has 2 amide bonds. The highest BCUT2D eigenvalue weighted by Crippen LogP contribution is 2.45. The number of halogens is 3. The van der Waals surface area contributed by atoms with Crippen molar-refractivity contribution in [3.8, 4) is 11.3 Å². The summed E-state index contributed by atoms with van der Waals surface area (Å²) >= 11 is 6.56. The Balaban J connectivity index is 0.00000156. The van der Waals surface area contributed by atoms with Crippen molar-refractivity contribution >= 4 is 54.0 Å². The lowest BCUT2D eigenvalue weighted by Crippen LogP contribution is -3.06. The van der Waals surface area contributed by atoms with Crippen molar-refractivity contribution in [2.45, 2.75) is 13.8 Å². The Hall–Kier alpha value is -4.87. The van der Waals surface area contributed by atoms with Crippen molar-refractivity contribution in [3.05, 3.63) is 76.3 Å². The first-order chi connectivity index (χ1) is 27.8. The lowest BCUT2D eigenvalue weighted by Gasteiger charge is -2.35.